The number of hydrogen-bond donors (Lipinski definition) is 1. The first kappa shape index (κ1) is 7.47. The van der Waals surface area contributed by atoms with Crippen LogP contribution in [0.4, 0.5) is 5.69 Å². The molecule has 0 spiro atoms. The summed E-state index contributed by atoms with van der Waals surface area (Å²) in [6, 6.07) is 5.85. The number of fused-ring (bicyclic) bond motifs is 1. The summed E-state index contributed by atoms with van der Waals surface area (Å²) >= 11 is 0. The van der Waals surface area contributed by atoms with E-state index in [0.29, 0.717) is 6.10 Å². The van der Waals surface area contributed by atoms with Crippen molar-refractivity contribution < 1.29 is 4.74 Å². The van der Waals surface area contributed by atoms with Crippen LogP contribution in [0, 0.1) is 0 Å². The van der Waals surface area contributed by atoms with Gasteiger partial charge in [0.05, 0.1) is 6.10 Å². The lowest BCUT2D eigenvalue weighted by atomic mass is 10.0. The Hall–Kier alpha value is -1.18. The smallest absolute Gasteiger partial charge is 0.123 e. The lowest BCUT2D eigenvalue weighted by Crippen LogP contribution is -2.18. The maximum atomic E-state index is 5.66. The van der Waals surface area contributed by atoms with Crippen LogP contribution >= 0.6 is 0 Å². The average molecular weight is 163 g/mol. The van der Waals surface area contributed by atoms with Crippen LogP contribution in [0.5, 0.6) is 5.75 Å². The Morgan fingerprint density at radius 2 is 2.33 bits per heavy atom. The topological polar surface area (TPSA) is 35.2 Å². The summed E-state index contributed by atoms with van der Waals surface area (Å²) in [7, 11) is 0. The molecule has 0 radical (unpaired) electrons. The zero-order chi connectivity index (χ0) is 8.55. The van der Waals surface area contributed by atoms with Crippen molar-refractivity contribution in [3.8, 4) is 5.75 Å². The normalized spacial score (nSPS) is 21.2. The molecule has 12 heavy (non-hydrogen) atoms. The molecular formula is C10H13NO. The van der Waals surface area contributed by atoms with E-state index in [1.54, 1.807) is 0 Å². The Balaban J connectivity index is 2.37. The average Bonchev–Trinajstić information content (AvgIpc) is 2.05. The van der Waals surface area contributed by atoms with E-state index in [9.17, 15) is 0 Å². The molecule has 1 aromatic carbocycles. The lowest BCUT2D eigenvalue weighted by molar-refractivity contribution is 0.192. The van der Waals surface area contributed by atoms with Gasteiger partial charge >= 0.3 is 0 Å². The SMILES string of the molecule is CC1CCc2cc(N)ccc2O1. The second kappa shape index (κ2) is 2.70. The summed E-state index contributed by atoms with van der Waals surface area (Å²) in [6.45, 7) is 2.10. The number of ether oxygens (including phenoxy) is 1. The second-order valence-corrected chi connectivity index (χ2v) is 3.33. The molecule has 0 fully saturated rings. The van der Waals surface area contributed by atoms with Gasteiger partial charge in [-0.05, 0) is 43.5 Å². The molecule has 0 saturated heterocycles. The minimum Gasteiger partial charge on any atom is -0.490 e. The van der Waals surface area contributed by atoms with Gasteiger partial charge in [-0.1, -0.05) is 0 Å². The number of nitrogens with two attached hydrogens (primary N) is 1. The summed E-state index contributed by atoms with van der Waals surface area (Å²) in [5.41, 5.74) is 7.73. The van der Waals surface area contributed by atoms with E-state index in [1.807, 2.05) is 18.2 Å². The number of anilines is 1. The third-order valence-electron chi connectivity index (χ3n) is 2.23. The van der Waals surface area contributed by atoms with Crippen LogP contribution in [0.1, 0.15) is 18.9 Å². The minimum atomic E-state index is 0.348. The molecule has 2 rings (SSSR count). The third-order valence-corrected chi connectivity index (χ3v) is 2.23. The number of benzene rings is 1. The highest BCUT2D eigenvalue weighted by atomic mass is 16.5. The monoisotopic (exact) mass is 163 g/mol. The molecule has 1 unspecified atom stereocenters. The van der Waals surface area contributed by atoms with Gasteiger partial charge in [-0.3, -0.25) is 0 Å². The van der Waals surface area contributed by atoms with Crippen molar-refractivity contribution >= 4 is 5.69 Å². The quantitative estimate of drug-likeness (QED) is 0.593. The Morgan fingerprint density at radius 1 is 1.50 bits per heavy atom. The zero-order valence-corrected chi connectivity index (χ0v) is 7.21. The van der Waals surface area contributed by atoms with E-state index in [4.69, 9.17) is 10.5 Å². The Bertz CT molecular complexity index is 296. The standard InChI is InChI=1S/C10H13NO/c1-7-2-3-8-6-9(11)4-5-10(8)12-7/h4-7H,2-3,11H2,1H3. The molecule has 0 bridgehead atoms. The van der Waals surface area contributed by atoms with Crippen LogP contribution < -0.4 is 10.5 Å². The summed E-state index contributed by atoms with van der Waals surface area (Å²) < 4.78 is 5.63. The number of aryl methyl sites for hydroxylation is 1. The van der Waals surface area contributed by atoms with Crippen molar-refractivity contribution in [3.63, 3.8) is 0 Å². The lowest BCUT2D eigenvalue weighted by Gasteiger charge is -2.23. The van der Waals surface area contributed by atoms with Crippen LogP contribution in [0.25, 0.3) is 0 Å². The highest BCUT2D eigenvalue weighted by Gasteiger charge is 2.15. The Labute approximate surface area is 72.3 Å². The van der Waals surface area contributed by atoms with Gasteiger partial charge in [0, 0.05) is 5.69 Å². The molecule has 1 aliphatic heterocycles. The molecule has 1 atom stereocenters. The number of nitrogen functional groups attached to an aromatic ring is 1. The molecular weight excluding hydrogens is 150 g/mol. The predicted molar refractivity (Wildman–Crippen MR) is 49.3 cm³/mol. The Kier molecular flexibility index (Phi) is 1.68. The molecule has 64 valence electrons. The molecule has 0 saturated carbocycles. The van der Waals surface area contributed by atoms with Crippen molar-refractivity contribution in [2.45, 2.75) is 25.9 Å². The fourth-order valence-electron chi connectivity index (χ4n) is 1.54. The molecule has 1 heterocycles. The number of hydrogen-bond acceptors (Lipinski definition) is 2. The van der Waals surface area contributed by atoms with Gasteiger partial charge in [-0.2, -0.15) is 0 Å². The van der Waals surface area contributed by atoms with E-state index in [0.717, 1.165) is 24.3 Å². The van der Waals surface area contributed by atoms with E-state index >= 15 is 0 Å². The Morgan fingerprint density at radius 3 is 3.17 bits per heavy atom. The van der Waals surface area contributed by atoms with E-state index in [2.05, 4.69) is 6.92 Å². The first-order valence-corrected chi connectivity index (χ1v) is 4.31. The van der Waals surface area contributed by atoms with Gasteiger partial charge < -0.3 is 10.5 Å². The van der Waals surface area contributed by atoms with E-state index < -0.39 is 0 Å². The third kappa shape index (κ3) is 1.24. The van der Waals surface area contributed by atoms with Crippen LogP contribution in [0.3, 0.4) is 0 Å². The van der Waals surface area contributed by atoms with Gasteiger partial charge in [0.15, 0.2) is 0 Å². The van der Waals surface area contributed by atoms with Crippen molar-refractivity contribution in [2.75, 3.05) is 5.73 Å². The van der Waals surface area contributed by atoms with Gasteiger partial charge in [-0.25, -0.2) is 0 Å². The molecule has 2 N–H and O–H groups in total. The van der Waals surface area contributed by atoms with Gasteiger partial charge in [-0.15, -0.1) is 0 Å². The van der Waals surface area contributed by atoms with E-state index in [-0.39, 0.29) is 0 Å². The molecule has 1 aliphatic rings. The molecule has 2 nitrogen and oxygen atoms in total. The van der Waals surface area contributed by atoms with Crippen LogP contribution in [-0.4, -0.2) is 6.10 Å². The van der Waals surface area contributed by atoms with Gasteiger partial charge in [0.2, 0.25) is 0 Å². The summed E-state index contributed by atoms with van der Waals surface area (Å²) in [4.78, 5) is 0. The summed E-state index contributed by atoms with van der Waals surface area (Å²) in [5.74, 6) is 1.00. The molecule has 1 aromatic rings. The van der Waals surface area contributed by atoms with Crippen LogP contribution in [0.2, 0.25) is 0 Å². The minimum absolute atomic E-state index is 0.348. The van der Waals surface area contributed by atoms with Crippen molar-refractivity contribution in [1.82, 2.24) is 0 Å². The predicted octanol–water partition coefficient (Wildman–Crippen LogP) is 1.98. The van der Waals surface area contributed by atoms with Gasteiger partial charge in [0.25, 0.3) is 0 Å². The first-order valence-electron chi connectivity index (χ1n) is 4.31. The second-order valence-electron chi connectivity index (χ2n) is 3.33. The van der Waals surface area contributed by atoms with Crippen LogP contribution in [0.15, 0.2) is 18.2 Å². The van der Waals surface area contributed by atoms with Crippen molar-refractivity contribution in [3.05, 3.63) is 23.8 Å². The van der Waals surface area contributed by atoms with Gasteiger partial charge in [0.1, 0.15) is 5.75 Å². The molecule has 0 aliphatic carbocycles. The summed E-state index contributed by atoms with van der Waals surface area (Å²) in [5, 5.41) is 0. The fourth-order valence-corrected chi connectivity index (χ4v) is 1.54. The highest BCUT2D eigenvalue weighted by Crippen LogP contribution is 2.28. The van der Waals surface area contributed by atoms with Crippen LogP contribution in [-0.2, 0) is 6.42 Å². The number of rotatable bonds is 0. The largest absolute Gasteiger partial charge is 0.490 e. The highest BCUT2D eigenvalue weighted by molar-refractivity contribution is 5.48. The summed E-state index contributed by atoms with van der Waals surface area (Å²) in [6.07, 6.45) is 2.53. The van der Waals surface area contributed by atoms with Crippen molar-refractivity contribution in [2.24, 2.45) is 0 Å². The first-order chi connectivity index (χ1) is 5.75. The molecule has 0 aromatic heterocycles. The molecule has 2 heteroatoms. The van der Waals surface area contributed by atoms with E-state index in [1.165, 1.54) is 5.56 Å². The fraction of sp³-hybridized carbons (Fsp3) is 0.400. The maximum absolute atomic E-state index is 5.66. The zero-order valence-electron chi connectivity index (χ0n) is 7.21. The maximum Gasteiger partial charge on any atom is 0.123 e. The molecule has 0 amide bonds. The van der Waals surface area contributed by atoms with Crippen molar-refractivity contribution in [1.29, 1.82) is 0 Å².